The van der Waals surface area contributed by atoms with E-state index in [1.54, 1.807) is 0 Å². The zero-order valence-electron chi connectivity index (χ0n) is 11.9. The lowest BCUT2D eigenvalue weighted by Crippen LogP contribution is -2.41. The van der Waals surface area contributed by atoms with Crippen molar-refractivity contribution in [3.05, 3.63) is 28.8 Å². The number of carboxylic acid groups (broad SMARTS) is 1. The maximum absolute atomic E-state index is 11.4. The van der Waals surface area contributed by atoms with Gasteiger partial charge in [0.05, 0.1) is 0 Å². The molecule has 18 heavy (non-hydrogen) atoms. The number of hydrogen-bond donors (Lipinski definition) is 1. The molecule has 0 bridgehead atoms. The van der Waals surface area contributed by atoms with Gasteiger partial charge in [-0.15, -0.1) is 0 Å². The molecule has 1 rings (SSSR count). The third-order valence-corrected chi connectivity index (χ3v) is 3.31. The number of nitrogens with zero attached hydrogens (tertiary/aromatic N) is 1. The van der Waals surface area contributed by atoms with Crippen molar-refractivity contribution in [2.24, 2.45) is 0 Å². The van der Waals surface area contributed by atoms with Crippen LogP contribution in [0.25, 0.3) is 0 Å². The van der Waals surface area contributed by atoms with Gasteiger partial charge in [0.2, 0.25) is 0 Å². The molecule has 0 aromatic heterocycles. The van der Waals surface area contributed by atoms with E-state index in [0.29, 0.717) is 13.0 Å². The molecule has 0 aliphatic heterocycles. The van der Waals surface area contributed by atoms with Gasteiger partial charge in [-0.25, -0.2) is 4.79 Å². The molecule has 3 nitrogen and oxygen atoms in total. The molecule has 0 heterocycles. The summed E-state index contributed by atoms with van der Waals surface area (Å²) in [7, 11) is 0. The van der Waals surface area contributed by atoms with Gasteiger partial charge in [-0.05, 0) is 45.2 Å². The molecule has 0 amide bonds. The van der Waals surface area contributed by atoms with E-state index in [-0.39, 0.29) is 0 Å². The number of benzene rings is 1. The normalized spacial score (nSPS) is 12.3. The van der Waals surface area contributed by atoms with Gasteiger partial charge in [0.25, 0.3) is 0 Å². The monoisotopic (exact) mass is 249 g/mol. The second-order valence-corrected chi connectivity index (χ2v) is 4.80. The first kappa shape index (κ1) is 14.6. The largest absolute Gasteiger partial charge is 0.480 e. The third kappa shape index (κ3) is 2.84. The molecule has 1 N–H and O–H groups in total. The first-order chi connectivity index (χ1) is 8.42. The van der Waals surface area contributed by atoms with Crippen LogP contribution in [0.5, 0.6) is 0 Å². The van der Waals surface area contributed by atoms with Crippen LogP contribution in [0.2, 0.25) is 0 Å². The van der Waals surface area contributed by atoms with E-state index < -0.39 is 12.0 Å². The van der Waals surface area contributed by atoms with Gasteiger partial charge in [0.1, 0.15) is 6.04 Å². The number of hydrogen-bond acceptors (Lipinski definition) is 2. The Morgan fingerprint density at radius 3 is 2.06 bits per heavy atom. The number of aryl methyl sites for hydroxylation is 3. The second kappa shape index (κ2) is 5.89. The highest BCUT2D eigenvalue weighted by atomic mass is 16.4. The smallest absolute Gasteiger partial charge is 0.326 e. The van der Waals surface area contributed by atoms with Crippen LogP contribution in [0.15, 0.2) is 12.1 Å². The van der Waals surface area contributed by atoms with Gasteiger partial charge in [0.15, 0.2) is 0 Å². The van der Waals surface area contributed by atoms with Crippen LogP contribution in [-0.2, 0) is 4.79 Å². The topological polar surface area (TPSA) is 40.5 Å². The average Bonchev–Trinajstić information content (AvgIpc) is 2.25. The Kier molecular flexibility index (Phi) is 4.76. The maximum Gasteiger partial charge on any atom is 0.326 e. The summed E-state index contributed by atoms with van der Waals surface area (Å²) < 4.78 is 0. The van der Waals surface area contributed by atoms with Gasteiger partial charge in [-0.3, -0.25) is 0 Å². The van der Waals surface area contributed by atoms with Crippen LogP contribution in [-0.4, -0.2) is 23.7 Å². The van der Waals surface area contributed by atoms with Crippen LogP contribution >= 0.6 is 0 Å². The van der Waals surface area contributed by atoms with E-state index in [2.05, 4.69) is 19.1 Å². The van der Waals surface area contributed by atoms with Gasteiger partial charge in [-0.2, -0.15) is 0 Å². The molecule has 100 valence electrons. The molecule has 3 heteroatoms. The van der Waals surface area contributed by atoms with Gasteiger partial charge >= 0.3 is 5.97 Å². The lowest BCUT2D eigenvalue weighted by Gasteiger charge is -2.32. The molecule has 0 saturated heterocycles. The fourth-order valence-corrected chi connectivity index (χ4v) is 2.69. The van der Waals surface area contributed by atoms with Crippen molar-refractivity contribution < 1.29 is 9.90 Å². The molecule has 1 atom stereocenters. The van der Waals surface area contributed by atoms with E-state index >= 15 is 0 Å². The highest BCUT2D eigenvalue weighted by Crippen LogP contribution is 2.28. The third-order valence-electron chi connectivity index (χ3n) is 3.31. The van der Waals surface area contributed by atoms with Crippen molar-refractivity contribution in [3.8, 4) is 0 Å². The SMILES string of the molecule is CC[C@H](C(=O)O)N(CC)c1c(C)cc(C)cc1C. The van der Waals surface area contributed by atoms with Crippen LogP contribution < -0.4 is 4.90 Å². The molecule has 0 unspecified atom stereocenters. The van der Waals surface area contributed by atoms with E-state index in [0.717, 1.165) is 16.8 Å². The van der Waals surface area contributed by atoms with Crippen molar-refractivity contribution in [1.29, 1.82) is 0 Å². The van der Waals surface area contributed by atoms with E-state index in [1.165, 1.54) is 5.56 Å². The summed E-state index contributed by atoms with van der Waals surface area (Å²) in [6.45, 7) is 10.8. The Morgan fingerprint density at radius 2 is 1.72 bits per heavy atom. The standard InChI is InChI=1S/C15H23NO2/c1-6-13(15(17)18)16(7-2)14-11(4)8-10(3)9-12(14)5/h8-9,13H,6-7H2,1-5H3,(H,17,18)/t13-/m1/s1. The molecule has 0 saturated carbocycles. The minimum atomic E-state index is -0.751. The Labute approximate surface area is 109 Å². The molecule has 0 spiro atoms. The summed E-state index contributed by atoms with van der Waals surface area (Å²) >= 11 is 0. The Bertz CT molecular complexity index is 417. The minimum Gasteiger partial charge on any atom is -0.480 e. The predicted molar refractivity (Wildman–Crippen MR) is 75.4 cm³/mol. The fourth-order valence-electron chi connectivity index (χ4n) is 2.69. The molecular formula is C15H23NO2. The molecular weight excluding hydrogens is 226 g/mol. The second-order valence-electron chi connectivity index (χ2n) is 4.80. The molecule has 1 aromatic carbocycles. The number of carboxylic acids is 1. The van der Waals surface area contributed by atoms with Gasteiger partial charge in [0, 0.05) is 12.2 Å². The van der Waals surface area contributed by atoms with E-state index in [4.69, 9.17) is 0 Å². The maximum atomic E-state index is 11.4. The quantitative estimate of drug-likeness (QED) is 0.870. The van der Waals surface area contributed by atoms with E-state index in [9.17, 15) is 9.90 Å². The number of carbonyl (C=O) groups is 1. The number of rotatable bonds is 5. The Balaban J connectivity index is 3.28. The summed E-state index contributed by atoms with van der Waals surface area (Å²) in [6, 6.07) is 3.77. The zero-order valence-corrected chi connectivity index (χ0v) is 11.9. The van der Waals surface area contributed by atoms with Crippen molar-refractivity contribution in [3.63, 3.8) is 0 Å². The fraction of sp³-hybridized carbons (Fsp3) is 0.533. The van der Waals surface area contributed by atoms with Crippen molar-refractivity contribution in [2.45, 2.75) is 47.1 Å². The van der Waals surface area contributed by atoms with Crippen LogP contribution in [0.4, 0.5) is 5.69 Å². The first-order valence-electron chi connectivity index (χ1n) is 6.49. The highest BCUT2D eigenvalue weighted by molar-refractivity contribution is 5.79. The molecule has 0 aliphatic rings. The lowest BCUT2D eigenvalue weighted by molar-refractivity contribution is -0.138. The lowest BCUT2D eigenvalue weighted by atomic mass is 10.0. The predicted octanol–water partition coefficient (Wildman–Crippen LogP) is 3.30. The zero-order chi connectivity index (χ0) is 13.9. The van der Waals surface area contributed by atoms with Gasteiger partial charge in [-0.1, -0.05) is 24.6 Å². The Hall–Kier alpha value is -1.51. The summed E-state index contributed by atoms with van der Waals surface area (Å²) in [5, 5.41) is 9.33. The summed E-state index contributed by atoms with van der Waals surface area (Å²) in [6.07, 6.45) is 0.607. The summed E-state index contributed by atoms with van der Waals surface area (Å²) in [5.74, 6) is -0.751. The summed E-state index contributed by atoms with van der Waals surface area (Å²) in [5.41, 5.74) is 4.58. The number of aliphatic carboxylic acids is 1. The van der Waals surface area contributed by atoms with Crippen molar-refractivity contribution in [2.75, 3.05) is 11.4 Å². The van der Waals surface area contributed by atoms with Crippen LogP contribution in [0.3, 0.4) is 0 Å². The minimum absolute atomic E-state index is 0.449. The van der Waals surface area contributed by atoms with Crippen molar-refractivity contribution >= 4 is 11.7 Å². The first-order valence-corrected chi connectivity index (χ1v) is 6.49. The van der Waals surface area contributed by atoms with E-state index in [1.807, 2.05) is 32.6 Å². The number of anilines is 1. The highest BCUT2D eigenvalue weighted by Gasteiger charge is 2.25. The number of likely N-dealkylation sites (N-methyl/N-ethyl adjacent to an activating group) is 1. The molecule has 0 aliphatic carbocycles. The molecule has 0 fully saturated rings. The molecule has 1 aromatic rings. The summed E-state index contributed by atoms with van der Waals surface area (Å²) in [4.78, 5) is 13.3. The van der Waals surface area contributed by atoms with Gasteiger partial charge < -0.3 is 10.0 Å². The Morgan fingerprint density at radius 1 is 1.22 bits per heavy atom. The van der Waals surface area contributed by atoms with Crippen molar-refractivity contribution in [1.82, 2.24) is 0 Å². The average molecular weight is 249 g/mol. The molecule has 0 radical (unpaired) electrons. The van der Waals surface area contributed by atoms with Crippen LogP contribution in [0.1, 0.15) is 37.0 Å². The van der Waals surface area contributed by atoms with Crippen LogP contribution in [0, 0.1) is 20.8 Å².